The topological polar surface area (TPSA) is 12.9 Å². The Morgan fingerprint density at radius 3 is 2.87 bits per heavy atom. The molecule has 1 heterocycles. The summed E-state index contributed by atoms with van der Waals surface area (Å²) >= 11 is 12.0. The molecule has 0 bridgehead atoms. The van der Waals surface area contributed by atoms with E-state index in [-0.39, 0.29) is 0 Å². The summed E-state index contributed by atoms with van der Waals surface area (Å²) < 4.78 is 0. The third-order valence-corrected chi connectivity index (χ3v) is 3.47. The molecule has 0 N–H and O–H groups in total. The van der Waals surface area contributed by atoms with E-state index in [0.717, 1.165) is 23.6 Å². The van der Waals surface area contributed by atoms with Gasteiger partial charge in [0, 0.05) is 5.39 Å². The maximum atomic E-state index is 6.15. The van der Waals surface area contributed by atoms with Crippen LogP contribution in [-0.2, 0) is 12.8 Å². The molecule has 0 spiro atoms. The maximum absolute atomic E-state index is 6.15. The fourth-order valence-corrected chi connectivity index (χ4v) is 2.92. The van der Waals surface area contributed by atoms with Crippen molar-refractivity contribution in [3.05, 3.63) is 39.6 Å². The SMILES string of the molecule is Clc1cc2ccc3c(c2c(Cl)n1)CCC3. The zero-order valence-electron chi connectivity index (χ0n) is 8.06. The number of aryl methyl sites for hydroxylation is 2. The lowest BCUT2D eigenvalue weighted by molar-refractivity contribution is 0.913. The van der Waals surface area contributed by atoms with Gasteiger partial charge in [0.2, 0.25) is 0 Å². The summed E-state index contributed by atoms with van der Waals surface area (Å²) in [5, 5.41) is 3.19. The summed E-state index contributed by atoms with van der Waals surface area (Å²) in [7, 11) is 0. The van der Waals surface area contributed by atoms with E-state index in [2.05, 4.69) is 17.1 Å². The Balaban J connectivity index is 2.45. The number of aromatic nitrogens is 1. The first-order chi connectivity index (χ1) is 7.25. The van der Waals surface area contributed by atoms with Crippen LogP contribution in [0, 0.1) is 0 Å². The Morgan fingerprint density at radius 2 is 2.00 bits per heavy atom. The minimum Gasteiger partial charge on any atom is -0.224 e. The van der Waals surface area contributed by atoms with Crippen molar-refractivity contribution >= 4 is 34.0 Å². The van der Waals surface area contributed by atoms with Gasteiger partial charge in [-0.2, -0.15) is 0 Å². The molecule has 2 aromatic rings. The van der Waals surface area contributed by atoms with Gasteiger partial charge in [-0.15, -0.1) is 0 Å². The average Bonchev–Trinajstić information content (AvgIpc) is 2.63. The van der Waals surface area contributed by atoms with Gasteiger partial charge in [0.1, 0.15) is 10.3 Å². The van der Waals surface area contributed by atoms with Crippen LogP contribution >= 0.6 is 23.2 Å². The summed E-state index contributed by atoms with van der Waals surface area (Å²) in [5.74, 6) is 0. The normalized spacial score (nSPS) is 14.5. The molecule has 0 saturated carbocycles. The van der Waals surface area contributed by atoms with Crippen LogP contribution in [0.15, 0.2) is 18.2 Å². The molecule has 1 nitrogen and oxygen atoms in total. The van der Waals surface area contributed by atoms with Crippen molar-refractivity contribution < 1.29 is 0 Å². The highest BCUT2D eigenvalue weighted by molar-refractivity contribution is 6.36. The van der Waals surface area contributed by atoms with Crippen LogP contribution in [0.1, 0.15) is 17.5 Å². The first kappa shape index (κ1) is 9.44. The first-order valence-corrected chi connectivity index (χ1v) is 5.78. The second-order valence-corrected chi connectivity index (χ2v) is 4.64. The summed E-state index contributed by atoms with van der Waals surface area (Å²) in [5.41, 5.74) is 2.77. The van der Waals surface area contributed by atoms with Crippen LogP contribution in [0.3, 0.4) is 0 Å². The highest BCUT2D eigenvalue weighted by Crippen LogP contribution is 2.34. The second kappa shape index (κ2) is 3.36. The van der Waals surface area contributed by atoms with Gasteiger partial charge in [-0.25, -0.2) is 4.98 Å². The van der Waals surface area contributed by atoms with E-state index in [1.54, 1.807) is 0 Å². The van der Waals surface area contributed by atoms with E-state index in [1.165, 1.54) is 17.5 Å². The Bertz CT molecular complexity index is 549. The van der Waals surface area contributed by atoms with Crippen LogP contribution < -0.4 is 0 Å². The smallest absolute Gasteiger partial charge is 0.138 e. The van der Waals surface area contributed by atoms with Crippen molar-refractivity contribution in [3.63, 3.8) is 0 Å². The highest BCUT2D eigenvalue weighted by atomic mass is 35.5. The van der Waals surface area contributed by atoms with Crippen LogP contribution in [0.5, 0.6) is 0 Å². The van der Waals surface area contributed by atoms with Crippen molar-refractivity contribution in [2.75, 3.05) is 0 Å². The lowest BCUT2D eigenvalue weighted by atomic mass is 10.0. The Kier molecular flexibility index (Phi) is 2.11. The molecule has 1 aliphatic rings. The minimum atomic E-state index is 0.463. The maximum Gasteiger partial charge on any atom is 0.138 e. The van der Waals surface area contributed by atoms with Crippen molar-refractivity contribution in [1.29, 1.82) is 0 Å². The van der Waals surface area contributed by atoms with E-state index in [9.17, 15) is 0 Å². The van der Waals surface area contributed by atoms with E-state index in [4.69, 9.17) is 23.2 Å². The molecule has 1 aliphatic carbocycles. The number of nitrogens with zero attached hydrogens (tertiary/aromatic N) is 1. The van der Waals surface area contributed by atoms with Crippen molar-refractivity contribution in [2.45, 2.75) is 19.3 Å². The lowest BCUT2D eigenvalue weighted by Gasteiger charge is -2.07. The molecule has 3 rings (SSSR count). The lowest BCUT2D eigenvalue weighted by Crippen LogP contribution is -1.88. The fourth-order valence-electron chi connectivity index (χ4n) is 2.36. The van der Waals surface area contributed by atoms with Gasteiger partial charge in [0.05, 0.1) is 0 Å². The molecule has 0 aliphatic heterocycles. The zero-order chi connectivity index (χ0) is 10.4. The Hall–Kier alpha value is -0.790. The summed E-state index contributed by atoms with van der Waals surface area (Å²) in [4.78, 5) is 4.11. The molecule has 1 aromatic heterocycles. The van der Waals surface area contributed by atoms with E-state index in [0.29, 0.717) is 10.3 Å². The van der Waals surface area contributed by atoms with E-state index >= 15 is 0 Å². The molecule has 0 amide bonds. The number of hydrogen-bond donors (Lipinski definition) is 0. The fraction of sp³-hybridized carbons (Fsp3) is 0.250. The number of pyridine rings is 1. The molecule has 0 radical (unpaired) electrons. The highest BCUT2D eigenvalue weighted by Gasteiger charge is 2.16. The van der Waals surface area contributed by atoms with Gasteiger partial charge >= 0.3 is 0 Å². The molecule has 15 heavy (non-hydrogen) atoms. The van der Waals surface area contributed by atoms with Gasteiger partial charge in [0.15, 0.2) is 0 Å². The number of hydrogen-bond acceptors (Lipinski definition) is 1. The standard InChI is InChI=1S/C12H9Cl2N/c13-10-6-8-5-4-7-2-1-3-9(7)11(8)12(14)15-10/h4-6H,1-3H2. The quantitative estimate of drug-likeness (QED) is 0.631. The van der Waals surface area contributed by atoms with Crippen LogP contribution in [0.25, 0.3) is 10.8 Å². The largest absolute Gasteiger partial charge is 0.224 e. The van der Waals surface area contributed by atoms with Gasteiger partial charge < -0.3 is 0 Å². The third kappa shape index (κ3) is 1.42. The van der Waals surface area contributed by atoms with Gasteiger partial charge in [-0.3, -0.25) is 0 Å². The minimum absolute atomic E-state index is 0.463. The van der Waals surface area contributed by atoms with E-state index in [1.807, 2.05) is 6.07 Å². The molecule has 0 unspecified atom stereocenters. The van der Waals surface area contributed by atoms with Crippen molar-refractivity contribution in [1.82, 2.24) is 4.98 Å². The van der Waals surface area contributed by atoms with Crippen LogP contribution in [0.2, 0.25) is 10.3 Å². The molecular weight excluding hydrogens is 229 g/mol. The first-order valence-electron chi connectivity index (χ1n) is 5.02. The number of benzene rings is 1. The number of halogens is 2. The number of fused-ring (bicyclic) bond motifs is 3. The zero-order valence-corrected chi connectivity index (χ0v) is 9.57. The van der Waals surface area contributed by atoms with Crippen molar-refractivity contribution in [2.24, 2.45) is 0 Å². The molecule has 1 aromatic carbocycles. The summed E-state index contributed by atoms with van der Waals surface area (Å²) in [6.07, 6.45) is 3.48. The second-order valence-electron chi connectivity index (χ2n) is 3.89. The molecule has 0 fully saturated rings. The Labute approximate surface area is 98.0 Å². The molecular formula is C12H9Cl2N. The Morgan fingerprint density at radius 1 is 1.13 bits per heavy atom. The summed E-state index contributed by atoms with van der Waals surface area (Å²) in [6, 6.07) is 6.14. The third-order valence-electron chi connectivity index (χ3n) is 3.00. The van der Waals surface area contributed by atoms with Crippen molar-refractivity contribution in [3.8, 4) is 0 Å². The molecule has 0 atom stereocenters. The summed E-state index contributed by atoms with van der Waals surface area (Å²) in [6.45, 7) is 0. The molecule has 3 heteroatoms. The van der Waals surface area contributed by atoms with Gasteiger partial charge in [-0.05, 0) is 41.8 Å². The molecule has 0 saturated heterocycles. The predicted octanol–water partition coefficient (Wildman–Crippen LogP) is 4.03. The van der Waals surface area contributed by atoms with Crippen LogP contribution in [-0.4, -0.2) is 4.98 Å². The average molecular weight is 238 g/mol. The van der Waals surface area contributed by atoms with Gasteiger partial charge in [-0.1, -0.05) is 35.3 Å². The monoisotopic (exact) mass is 237 g/mol. The number of rotatable bonds is 0. The molecule has 76 valence electrons. The van der Waals surface area contributed by atoms with Crippen LogP contribution in [0.4, 0.5) is 0 Å². The predicted molar refractivity (Wildman–Crippen MR) is 63.8 cm³/mol. The van der Waals surface area contributed by atoms with Gasteiger partial charge in [0.25, 0.3) is 0 Å². The van der Waals surface area contributed by atoms with E-state index < -0.39 is 0 Å².